The zero-order valence-corrected chi connectivity index (χ0v) is 17.2. The molecule has 0 saturated carbocycles. The molecule has 29 heavy (non-hydrogen) atoms. The Bertz CT molecular complexity index is 1010. The van der Waals surface area contributed by atoms with Gasteiger partial charge in [-0.3, -0.25) is 9.59 Å². The van der Waals surface area contributed by atoms with Crippen LogP contribution in [0.3, 0.4) is 0 Å². The number of carbonyl (C=O) groups excluding carboxylic acids is 2. The van der Waals surface area contributed by atoms with E-state index in [9.17, 15) is 9.59 Å². The minimum atomic E-state index is -0.165. The lowest BCUT2D eigenvalue weighted by molar-refractivity contribution is 0.101. The monoisotopic (exact) mass is 386 g/mol. The summed E-state index contributed by atoms with van der Waals surface area (Å²) in [5.74, 6) is -0.327. The molecule has 4 nitrogen and oxygen atoms in total. The second-order valence-electron chi connectivity index (χ2n) is 8.18. The van der Waals surface area contributed by atoms with Crippen LogP contribution in [0.1, 0.15) is 52.6 Å². The molecular formula is C25H26N2O2. The Morgan fingerprint density at radius 3 is 1.69 bits per heavy atom. The van der Waals surface area contributed by atoms with E-state index in [-0.39, 0.29) is 17.2 Å². The summed E-state index contributed by atoms with van der Waals surface area (Å²) in [6.07, 6.45) is 0. The second kappa shape index (κ2) is 8.31. The Balaban J connectivity index is 1.63. The number of rotatable bonds is 4. The van der Waals surface area contributed by atoms with E-state index >= 15 is 0 Å². The van der Waals surface area contributed by atoms with Crippen molar-refractivity contribution in [3.05, 3.63) is 95.1 Å². The van der Waals surface area contributed by atoms with Crippen LogP contribution in [0.2, 0.25) is 0 Å². The van der Waals surface area contributed by atoms with Gasteiger partial charge < -0.3 is 10.6 Å². The van der Waals surface area contributed by atoms with Crippen molar-refractivity contribution in [2.75, 3.05) is 10.6 Å². The highest BCUT2D eigenvalue weighted by Gasteiger charge is 2.14. The maximum Gasteiger partial charge on any atom is 0.255 e. The maximum absolute atomic E-state index is 12.5. The van der Waals surface area contributed by atoms with E-state index in [4.69, 9.17) is 0 Å². The molecule has 0 aliphatic heterocycles. The van der Waals surface area contributed by atoms with Gasteiger partial charge in [0.2, 0.25) is 0 Å². The van der Waals surface area contributed by atoms with Crippen LogP contribution in [-0.4, -0.2) is 11.8 Å². The van der Waals surface area contributed by atoms with Crippen molar-refractivity contribution in [1.29, 1.82) is 0 Å². The SMILES string of the molecule is Cc1cccc(C(=O)Nc2ccc(NC(=O)c3ccc(C(C)(C)C)cc3)cc2)c1. The molecule has 2 amide bonds. The largest absolute Gasteiger partial charge is 0.322 e. The molecule has 0 spiro atoms. The minimum absolute atomic E-state index is 0.0493. The number of anilines is 2. The molecule has 0 bridgehead atoms. The molecule has 0 heterocycles. The fourth-order valence-corrected chi connectivity index (χ4v) is 2.95. The van der Waals surface area contributed by atoms with E-state index in [1.165, 1.54) is 5.56 Å². The lowest BCUT2D eigenvalue weighted by Crippen LogP contribution is -2.14. The summed E-state index contributed by atoms with van der Waals surface area (Å²) >= 11 is 0. The molecule has 0 unspecified atom stereocenters. The highest BCUT2D eigenvalue weighted by Crippen LogP contribution is 2.22. The van der Waals surface area contributed by atoms with Gasteiger partial charge in [0.25, 0.3) is 11.8 Å². The van der Waals surface area contributed by atoms with E-state index in [0.717, 1.165) is 5.56 Å². The zero-order chi connectivity index (χ0) is 21.0. The third-order valence-electron chi connectivity index (χ3n) is 4.69. The first-order chi connectivity index (χ1) is 13.7. The first-order valence-corrected chi connectivity index (χ1v) is 9.62. The van der Waals surface area contributed by atoms with E-state index < -0.39 is 0 Å². The number of amides is 2. The molecule has 0 saturated heterocycles. The van der Waals surface area contributed by atoms with Crippen molar-refractivity contribution >= 4 is 23.2 Å². The summed E-state index contributed by atoms with van der Waals surface area (Å²) in [7, 11) is 0. The van der Waals surface area contributed by atoms with E-state index in [0.29, 0.717) is 22.5 Å². The Labute approximate surface area is 172 Å². The van der Waals surface area contributed by atoms with Crippen LogP contribution >= 0.6 is 0 Å². The van der Waals surface area contributed by atoms with Gasteiger partial charge in [0.15, 0.2) is 0 Å². The molecule has 0 aromatic heterocycles. The normalized spacial score (nSPS) is 11.0. The third-order valence-corrected chi connectivity index (χ3v) is 4.69. The molecule has 4 heteroatoms. The minimum Gasteiger partial charge on any atom is -0.322 e. The standard InChI is InChI=1S/C25H26N2O2/c1-17-6-5-7-19(16-17)24(29)27-22-14-12-21(13-15-22)26-23(28)18-8-10-20(11-9-18)25(2,3)4/h5-16H,1-4H3,(H,26,28)(H,27,29). The zero-order valence-electron chi connectivity index (χ0n) is 17.2. The lowest BCUT2D eigenvalue weighted by Gasteiger charge is -2.19. The van der Waals surface area contributed by atoms with Crippen molar-refractivity contribution in [3.63, 3.8) is 0 Å². The number of hydrogen-bond acceptors (Lipinski definition) is 2. The molecule has 0 fully saturated rings. The first-order valence-electron chi connectivity index (χ1n) is 9.62. The molecule has 148 valence electrons. The summed E-state index contributed by atoms with van der Waals surface area (Å²) in [6.45, 7) is 8.37. The van der Waals surface area contributed by atoms with Gasteiger partial charge in [-0.2, -0.15) is 0 Å². The number of hydrogen-bond donors (Lipinski definition) is 2. The fraction of sp³-hybridized carbons (Fsp3) is 0.200. The molecule has 0 radical (unpaired) electrons. The van der Waals surface area contributed by atoms with Crippen LogP contribution < -0.4 is 10.6 Å². The number of benzene rings is 3. The van der Waals surface area contributed by atoms with E-state index in [2.05, 4.69) is 31.4 Å². The number of nitrogens with one attached hydrogen (secondary N) is 2. The Morgan fingerprint density at radius 2 is 1.21 bits per heavy atom. The van der Waals surface area contributed by atoms with Gasteiger partial charge in [0, 0.05) is 22.5 Å². The molecular weight excluding hydrogens is 360 g/mol. The Morgan fingerprint density at radius 1 is 0.690 bits per heavy atom. The summed E-state index contributed by atoms with van der Waals surface area (Å²) < 4.78 is 0. The topological polar surface area (TPSA) is 58.2 Å². The number of carbonyl (C=O) groups is 2. The predicted octanol–water partition coefficient (Wildman–Crippen LogP) is 5.80. The third kappa shape index (κ3) is 5.32. The summed E-state index contributed by atoms with van der Waals surface area (Å²) in [5.41, 5.74) is 4.82. The molecule has 2 N–H and O–H groups in total. The van der Waals surface area contributed by atoms with Crippen molar-refractivity contribution in [2.45, 2.75) is 33.1 Å². The summed E-state index contributed by atoms with van der Waals surface area (Å²) in [6, 6.07) is 22.2. The van der Waals surface area contributed by atoms with Gasteiger partial charge >= 0.3 is 0 Å². The molecule has 3 aromatic rings. The van der Waals surface area contributed by atoms with Crippen molar-refractivity contribution < 1.29 is 9.59 Å². The van der Waals surface area contributed by atoms with Gasteiger partial charge in [0.05, 0.1) is 0 Å². The molecule has 3 aromatic carbocycles. The highest BCUT2D eigenvalue weighted by molar-refractivity contribution is 6.05. The smallest absolute Gasteiger partial charge is 0.255 e. The maximum atomic E-state index is 12.5. The fourth-order valence-electron chi connectivity index (χ4n) is 2.95. The van der Waals surface area contributed by atoms with Crippen molar-refractivity contribution in [3.8, 4) is 0 Å². The Kier molecular flexibility index (Phi) is 5.83. The van der Waals surface area contributed by atoms with Crippen LogP contribution in [0.5, 0.6) is 0 Å². The predicted molar refractivity (Wildman–Crippen MR) is 119 cm³/mol. The van der Waals surface area contributed by atoms with Crippen LogP contribution in [0.15, 0.2) is 72.8 Å². The van der Waals surface area contributed by atoms with E-state index in [1.807, 2.05) is 49.4 Å². The first kappa shape index (κ1) is 20.3. The quantitative estimate of drug-likeness (QED) is 0.595. The van der Waals surface area contributed by atoms with Gasteiger partial charge in [-0.1, -0.05) is 50.6 Å². The van der Waals surface area contributed by atoms with Crippen LogP contribution in [0, 0.1) is 6.92 Å². The van der Waals surface area contributed by atoms with Gasteiger partial charge in [0.1, 0.15) is 0 Å². The van der Waals surface area contributed by atoms with Crippen LogP contribution in [0.4, 0.5) is 11.4 Å². The Hall–Kier alpha value is -3.40. The molecule has 3 rings (SSSR count). The molecule has 0 aliphatic carbocycles. The lowest BCUT2D eigenvalue weighted by atomic mass is 9.87. The second-order valence-corrected chi connectivity index (χ2v) is 8.18. The summed E-state index contributed by atoms with van der Waals surface area (Å²) in [4.78, 5) is 24.8. The van der Waals surface area contributed by atoms with Crippen molar-refractivity contribution in [1.82, 2.24) is 0 Å². The average Bonchev–Trinajstić information content (AvgIpc) is 2.69. The molecule has 0 atom stereocenters. The molecule has 0 aliphatic rings. The van der Waals surface area contributed by atoms with Crippen molar-refractivity contribution in [2.24, 2.45) is 0 Å². The van der Waals surface area contributed by atoms with Gasteiger partial charge in [-0.15, -0.1) is 0 Å². The van der Waals surface area contributed by atoms with Gasteiger partial charge in [-0.25, -0.2) is 0 Å². The summed E-state index contributed by atoms with van der Waals surface area (Å²) in [5, 5.41) is 5.75. The average molecular weight is 386 g/mol. The number of aryl methyl sites for hydroxylation is 1. The van der Waals surface area contributed by atoms with Gasteiger partial charge in [-0.05, 0) is 66.4 Å². The van der Waals surface area contributed by atoms with Crippen LogP contribution in [0.25, 0.3) is 0 Å². The highest BCUT2D eigenvalue weighted by atomic mass is 16.2. The van der Waals surface area contributed by atoms with Crippen LogP contribution in [-0.2, 0) is 5.41 Å². The van der Waals surface area contributed by atoms with E-state index in [1.54, 1.807) is 30.3 Å².